The highest BCUT2D eigenvalue weighted by atomic mass is 19.1. The second-order valence-corrected chi connectivity index (χ2v) is 6.37. The molecule has 0 fully saturated rings. The zero-order chi connectivity index (χ0) is 20.4. The quantitative estimate of drug-likeness (QED) is 0.482. The number of rotatable bonds is 8. The molecule has 0 aliphatic carbocycles. The van der Waals surface area contributed by atoms with Crippen molar-refractivity contribution >= 4 is 17.6 Å². The molecule has 2 aromatic rings. The number of nitrogens with one attached hydrogen (secondary N) is 3. The topological polar surface area (TPSA) is 74.8 Å². The van der Waals surface area contributed by atoms with Crippen molar-refractivity contribution in [3.8, 4) is 5.75 Å². The fourth-order valence-electron chi connectivity index (χ4n) is 2.54. The van der Waals surface area contributed by atoms with Crippen LogP contribution in [0.2, 0.25) is 0 Å². The average molecular weight is 386 g/mol. The molecule has 0 aliphatic heterocycles. The van der Waals surface area contributed by atoms with Gasteiger partial charge in [-0.1, -0.05) is 24.3 Å². The Kier molecular flexibility index (Phi) is 8.27. The molecule has 3 N–H and O–H groups in total. The third-order valence-electron chi connectivity index (χ3n) is 3.93. The molecular formula is C21H27FN4O2. The van der Waals surface area contributed by atoms with Crippen LogP contribution >= 0.6 is 0 Å². The van der Waals surface area contributed by atoms with Gasteiger partial charge in [0.15, 0.2) is 17.5 Å². The summed E-state index contributed by atoms with van der Waals surface area (Å²) in [5.74, 6) is 0.431. The van der Waals surface area contributed by atoms with Crippen LogP contribution in [0, 0.1) is 5.82 Å². The molecule has 0 bridgehead atoms. The van der Waals surface area contributed by atoms with Crippen LogP contribution in [0.5, 0.6) is 5.75 Å². The van der Waals surface area contributed by atoms with Gasteiger partial charge >= 0.3 is 0 Å². The fraction of sp³-hybridized carbons (Fsp3) is 0.333. The van der Waals surface area contributed by atoms with Crippen LogP contribution in [-0.2, 0) is 11.2 Å². The third kappa shape index (κ3) is 7.26. The van der Waals surface area contributed by atoms with Gasteiger partial charge in [-0.05, 0) is 43.2 Å². The number of benzene rings is 2. The van der Waals surface area contributed by atoms with Crippen LogP contribution < -0.4 is 20.7 Å². The zero-order valence-electron chi connectivity index (χ0n) is 16.5. The predicted molar refractivity (Wildman–Crippen MR) is 110 cm³/mol. The number of hydrogen-bond donors (Lipinski definition) is 3. The Morgan fingerprint density at radius 1 is 1.14 bits per heavy atom. The number of anilines is 1. The number of aliphatic imine (C=N–C) groups is 1. The number of carbonyl (C=O) groups is 1. The van der Waals surface area contributed by atoms with E-state index in [-0.39, 0.29) is 23.6 Å². The van der Waals surface area contributed by atoms with E-state index in [1.54, 1.807) is 25.2 Å². The highest BCUT2D eigenvalue weighted by Gasteiger charge is 2.08. The van der Waals surface area contributed by atoms with Crippen LogP contribution in [0.1, 0.15) is 19.4 Å². The van der Waals surface area contributed by atoms with Crippen molar-refractivity contribution in [2.24, 2.45) is 4.99 Å². The highest BCUT2D eigenvalue weighted by Crippen LogP contribution is 2.16. The first-order valence-corrected chi connectivity index (χ1v) is 9.20. The van der Waals surface area contributed by atoms with E-state index in [1.807, 2.05) is 31.2 Å². The molecular weight excluding hydrogens is 359 g/mol. The standard InChI is InChI=1S/C21H27FN4O2/c1-15(28-20-7-5-4-6-19(20)22)14-25-21(23-3)24-13-12-17-8-10-18(11-9-17)26-16(2)27/h4-11,15H,12-14H2,1-3H3,(H,26,27)(H2,23,24,25). The van der Waals surface area contributed by atoms with Crippen LogP contribution in [-0.4, -0.2) is 38.1 Å². The molecule has 0 heterocycles. The summed E-state index contributed by atoms with van der Waals surface area (Å²) in [6.45, 7) is 4.53. The van der Waals surface area contributed by atoms with E-state index in [9.17, 15) is 9.18 Å². The van der Waals surface area contributed by atoms with E-state index in [0.717, 1.165) is 17.7 Å². The lowest BCUT2D eigenvalue weighted by Crippen LogP contribution is -2.42. The Balaban J connectivity index is 1.72. The average Bonchev–Trinajstić information content (AvgIpc) is 2.67. The summed E-state index contributed by atoms with van der Waals surface area (Å²) < 4.78 is 19.2. The lowest BCUT2D eigenvalue weighted by molar-refractivity contribution is -0.114. The van der Waals surface area contributed by atoms with Crippen LogP contribution in [0.25, 0.3) is 0 Å². The number of nitrogens with zero attached hydrogens (tertiary/aromatic N) is 1. The molecule has 0 saturated heterocycles. The van der Waals surface area contributed by atoms with E-state index in [0.29, 0.717) is 19.0 Å². The first-order chi connectivity index (χ1) is 13.5. The van der Waals surface area contributed by atoms with Gasteiger partial charge in [-0.15, -0.1) is 0 Å². The van der Waals surface area contributed by atoms with Gasteiger partial charge in [0, 0.05) is 26.2 Å². The van der Waals surface area contributed by atoms with Crippen molar-refractivity contribution in [3.05, 3.63) is 59.9 Å². The van der Waals surface area contributed by atoms with Crippen LogP contribution in [0.4, 0.5) is 10.1 Å². The molecule has 0 spiro atoms. The van der Waals surface area contributed by atoms with Gasteiger partial charge in [0.25, 0.3) is 0 Å². The van der Waals surface area contributed by atoms with Crippen molar-refractivity contribution in [2.75, 3.05) is 25.5 Å². The maximum Gasteiger partial charge on any atom is 0.221 e. The van der Waals surface area contributed by atoms with E-state index in [4.69, 9.17) is 4.74 Å². The SMILES string of the molecule is CN=C(NCCc1ccc(NC(C)=O)cc1)NCC(C)Oc1ccccc1F. The Labute approximate surface area is 165 Å². The minimum absolute atomic E-state index is 0.0856. The molecule has 28 heavy (non-hydrogen) atoms. The molecule has 6 nitrogen and oxygen atoms in total. The van der Waals surface area contributed by atoms with Gasteiger partial charge in [0.05, 0.1) is 6.54 Å². The lowest BCUT2D eigenvalue weighted by Gasteiger charge is -2.18. The fourth-order valence-corrected chi connectivity index (χ4v) is 2.54. The van der Waals surface area contributed by atoms with E-state index >= 15 is 0 Å². The second-order valence-electron chi connectivity index (χ2n) is 6.37. The Morgan fingerprint density at radius 3 is 2.50 bits per heavy atom. The second kappa shape index (κ2) is 10.9. The van der Waals surface area contributed by atoms with Crippen molar-refractivity contribution in [1.82, 2.24) is 10.6 Å². The number of guanidine groups is 1. The highest BCUT2D eigenvalue weighted by molar-refractivity contribution is 5.88. The first kappa shape index (κ1) is 21.2. The van der Waals surface area contributed by atoms with Gasteiger partial charge in [-0.25, -0.2) is 4.39 Å². The largest absolute Gasteiger partial charge is 0.486 e. The van der Waals surface area contributed by atoms with Crippen LogP contribution in [0.15, 0.2) is 53.5 Å². The van der Waals surface area contributed by atoms with Gasteiger partial charge < -0.3 is 20.7 Å². The number of halogens is 1. The Hall–Kier alpha value is -3.09. The molecule has 1 amide bonds. The van der Waals surface area contributed by atoms with Gasteiger partial charge in [0.1, 0.15) is 6.10 Å². The van der Waals surface area contributed by atoms with Crippen LogP contribution in [0.3, 0.4) is 0 Å². The Morgan fingerprint density at radius 2 is 1.86 bits per heavy atom. The molecule has 1 atom stereocenters. The zero-order valence-corrected chi connectivity index (χ0v) is 16.5. The molecule has 2 aromatic carbocycles. The maximum absolute atomic E-state index is 13.6. The van der Waals surface area contributed by atoms with Crippen molar-refractivity contribution in [3.63, 3.8) is 0 Å². The van der Waals surface area contributed by atoms with Gasteiger partial charge in [-0.2, -0.15) is 0 Å². The van der Waals surface area contributed by atoms with Gasteiger partial charge in [-0.3, -0.25) is 9.79 Å². The van der Waals surface area contributed by atoms with Crippen molar-refractivity contribution < 1.29 is 13.9 Å². The van der Waals surface area contributed by atoms with E-state index < -0.39 is 0 Å². The number of amides is 1. The molecule has 0 radical (unpaired) electrons. The smallest absolute Gasteiger partial charge is 0.221 e. The molecule has 0 aliphatic rings. The summed E-state index contributed by atoms with van der Waals surface area (Å²) in [6.07, 6.45) is 0.583. The number of hydrogen-bond acceptors (Lipinski definition) is 3. The number of carbonyl (C=O) groups excluding carboxylic acids is 1. The van der Waals surface area contributed by atoms with Gasteiger partial charge in [0.2, 0.25) is 5.91 Å². The minimum Gasteiger partial charge on any atom is -0.486 e. The normalized spacial score (nSPS) is 12.2. The number of para-hydroxylation sites is 1. The monoisotopic (exact) mass is 386 g/mol. The summed E-state index contributed by atoms with van der Waals surface area (Å²) >= 11 is 0. The molecule has 7 heteroatoms. The molecule has 0 aromatic heterocycles. The number of ether oxygens (including phenoxy) is 1. The lowest BCUT2D eigenvalue weighted by atomic mass is 10.1. The van der Waals surface area contributed by atoms with E-state index in [1.165, 1.54) is 13.0 Å². The summed E-state index contributed by atoms with van der Waals surface area (Å²) in [6, 6.07) is 14.1. The predicted octanol–water partition coefficient (Wildman–Crippen LogP) is 2.96. The first-order valence-electron chi connectivity index (χ1n) is 9.20. The van der Waals surface area contributed by atoms with Crippen molar-refractivity contribution in [1.29, 1.82) is 0 Å². The summed E-state index contributed by atoms with van der Waals surface area (Å²) in [7, 11) is 1.69. The molecule has 1 unspecified atom stereocenters. The summed E-state index contributed by atoms with van der Waals surface area (Å²) in [5.41, 5.74) is 1.93. The molecule has 0 saturated carbocycles. The van der Waals surface area contributed by atoms with Crippen molar-refractivity contribution in [2.45, 2.75) is 26.4 Å². The third-order valence-corrected chi connectivity index (χ3v) is 3.93. The summed E-state index contributed by atoms with van der Waals surface area (Å²) in [4.78, 5) is 15.2. The Bertz CT molecular complexity index is 793. The summed E-state index contributed by atoms with van der Waals surface area (Å²) in [5, 5.41) is 9.15. The van der Waals surface area contributed by atoms with E-state index in [2.05, 4.69) is 20.9 Å². The molecule has 2 rings (SSSR count). The maximum atomic E-state index is 13.6. The minimum atomic E-state index is -0.374. The molecule has 150 valence electrons.